The Morgan fingerprint density at radius 1 is 1.35 bits per heavy atom. The van der Waals surface area contributed by atoms with Crippen molar-refractivity contribution < 1.29 is 4.79 Å². The van der Waals surface area contributed by atoms with Crippen LogP contribution in [-0.2, 0) is 11.2 Å². The second-order valence-electron chi connectivity index (χ2n) is 4.83. The third kappa shape index (κ3) is 3.15. The second-order valence-corrected chi connectivity index (χ2v) is 7.30. The highest BCUT2D eigenvalue weighted by atomic mass is 32.2. The average Bonchev–Trinajstić information content (AvgIpc) is 2.92. The van der Waals surface area contributed by atoms with E-state index >= 15 is 0 Å². The van der Waals surface area contributed by atoms with Gasteiger partial charge in [-0.15, -0.1) is 11.8 Å². The predicted molar refractivity (Wildman–Crippen MR) is 88.6 cm³/mol. The number of carbonyl (C=O) groups is 1. The molecule has 1 fully saturated rings. The fourth-order valence-electron chi connectivity index (χ4n) is 2.41. The molecule has 2 aromatic rings. The maximum atomic E-state index is 12.0. The molecular formula is C15H18N2OS2. The normalized spacial score (nSPS) is 19.1. The summed E-state index contributed by atoms with van der Waals surface area (Å²) in [7, 11) is 0. The molecule has 1 aromatic heterocycles. The number of thioether (sulfide) groups is 2. The van der Waals surface area contributed by atoms with E-state index in [9.17, 15) is 4.79 Å². The van der Waals surface area contributed by atoms with E-state index in [1.165, 1.54) is 16.7 Å². The van der Waals surface area contributed by atoms with E-state index in [1.807, 2.05) is 30.1 Å². The maximum absolute atomic E-state index is 12.0. The largest absolute Gasteiger partial charge is 0.361 e. The van der Waals surface area contributed by atoms with Gasteiger partial charge in [0.15, 0.2) is 0 Å². The Bertz CT molecular complexity index is 590. The number of carbonyl (C=O) groups excluding carboxylic acids is 1. The molecule has 2 N–H and O–H groups in total. The number of aromatic nitrogens is 1. The molecule has 0 aliphatic carbocycles. The molecule has 106 valence electrons. The molecule has 3 rings (SSSR count). The lowest BCUT2D eigenvalue weighted by Gasteiger charge is -2.20. The summed E-state index contributed by atoms with van der Waals surface area (Å²) in [6, 6.07) is 8.28. The van der Waals surface area contributed by atoms with Crippen LogP contribution in [0.15, 0.2) is 30.5 Å². The standard InChI is InChI=1S/C15H18N2OS2/c18-15(14-10-19-7-8-20-14)16-6-5-11-9-17-13-4-2-1-3-12(11)13/h1-4,9,14,17H,5-8,10H2,(H,16,18). The van der Waals surface area contributed by atoms with Gasteiger partial charge in [-0.3, -0.25) is 4.79 Å². The van der Waals surface area contributed by atoms with Crippen LogP contribution in [0.2, 0.25) is 0 Å². The van der Waals surface area contributed by atoms with E-state index in [2.05, 4.69) is 22.4 Å². The van der Waals surface area contributed by atoms with Gasteiger partial charge in [0.2, 0.25) is 5.91 Å². The zero-order chi connectivity index (χ0) is 13.8. The Kier molecular flexibility index (Phi) is 4.58. The third-order valence-electron chi connectivity index (χ3n) is 3.48. The highest BCUT2D eigenvalue weighted by molar-refractivity contribution is 8.07. The van der Waals surface area contributed by atoms with Crippen LogP contribution < -0.4 is 5.32 Å². The molecule has 1 aliphatic heterocycles. The minimum atomic E-state index is 0.136. The van der Waals surface area contributed by atoms with E-state index in [-0.39, 0.29) is 11.2 Å². The quantitative estimate of drug-likeness (QED) is 0.913. The minimum absolute atomic E-state index is 0.136. The molecule has 1 aliphatic rings. The molecule has 0 bridgehead atoms. The summed E-state index contributed by atoms with van der Waals surface area (Å²) in [5.74, 6) is 3.40. The smallest absolute Gasteiger partial charge is 0.233 e. The van der Waals surface area contributed by atoms with Gasteiger partial charge in [-0.2, -0.15) is 11.8 Å². The number of benzene rings is 1. The molecule has 2 heterocycles. The lowest BCUT2D eigenvalue weighted by molar-refractivity contribution is -0.120. The van der Waals surface area contributed by atoms with Crippen LogP contribution in [0, 0.1) is 0 Å². The van der Waals surface area contributed by atoms with E-state index < -0.39 is 0 Å². The van der Waals surface area contributed by atoms with Crippen molar-refractivity contribution in [2.45, 2.75) is 11.7 Å². The van der Waals surface area contributed by atoms with Crippen molar-refractivity contribution in [3.05, 3.63) is 36.0 Å². The lowest BCUT2D eigenvalue weighted by Crippen LogP contribution is -2.37. The summed E-state index contributed by atoms with van der Waals surface area (Å²) in [5.41, 5.74) is 2.43. The van der Waals surface area contributed by atoms with Gasteiger partial charge in [-0.1, -0.05) is 18.2 Å². The fraction of sp³-hybridized carbons (Fsp3) is 0.400. The van der Waals surface area contributed by atoms with Crippen LogP contribution in [0.4, 0.5) is 0 Å². The number of rotatable bonds is 4. The van der Waals surface area contributed by atoms with Gasteiger partial charge in [-0.25, -0.2) is 0 Å². The fourth-order valence-corrected chi connectivity index (χ4v) is 4.99. The van der Waals surface area contributed by atoms with Gasteiger partial charge < -0.3 is 10.3 Å². The van der Waals surface area contributed by atoms with Crippen LogP contribution in [0.25, 0.3) is 10.9 Å². The Balaban J connectivity index is 1.53. The van der Waals surface area contributed by atoms with Crippen LogP contribution in [0.1, 0.15) is 5.56 Å². The second kappa shape index (κ2) is 6.59. The number of aromatic amines is 1. The molecule has 0 radical (unpaired) electrons. The van der Waals surface area contributed by atoms with Crippen molar-refractivity contribution in [1.29, 1.82) is 0 Å². The number of hydrogen-bond acceptors (Lipinski definition) is 3. The van der Waals surface area contributed by atoms with Gasteiger partial charge in [0.05, 0.1) is 5.25 Å². The number of nitrogens with one attached hydrogen (secondary N) is 2. The summed E-state index contributed by atoms with van der Waals surface area (Å²) in [5, 5.41) is 4.46. The van der Waals surface area contributed by atoms with Gasteiger partial charge in [-0.05, 0) is 18.1 Å². The maximum Gasteiger partial charge on any atom is 0.233 e. The van der Waals surface area contributed by atoms with Crippen LogP contribution in [0.5, 0.6) is 0 Å². The van der Waals surface area contributed by atoms with Gasteiger partial charge in [0.25, 0.3) is 0 Å². The molecule has 1 atom stereocenters. The number of fused-ring (bicyclic) bond motifs is 1. The monoisotopic (exact) mass is 306 g/mol. The molecule has 1 saturated heterocycles. The van der Waals surface area contributed by atoms with E-state index in [1.54, 1.807) is 11.8 Å². The molecule has 1 aromatic carbocycles. The topological polar surface area (TPSA) is 44.9 Å². The zero-order valence-electron chi connectivity index (χ0n) is 11.2. The summed E-state index contributed by atoms with van der Waals surface area (Å²) >= 11 is 3.66. The zero-order valence-corrected chi connectivity index (χ0v) is 12.9. The van der Waals surface area contributed by atoms with Crippen molar-refractivity contribution in [3.63, 3.8) is 0 Å². The summed E-state index contributed by atoms with van der Waals surface area (Å²) in [4.78, 5) is 15.3. The van der Waals surface area contributed by atoms with Crippen molar-refractivity contribution in [3.8, 4) is 0 Å². The van der Waals surface area contributed by atoms with E-state index in [4.69, 9.17) is 0 Å². The molecule has 0 saturated carbocycles. The van der Waals surface area contributed by atoms with Gasteiger partial charge >= 0.3 is 0 Å². The first-order valence-electron chi connectivity index (χ1n) is 6.86. The minimum Gasteiger partial charge on any atom is -0.361 e. The summed E-state index contributed by atoms with van der Waals surface area (Å²) < 4.78 is 0. The summed E-state index contributed by atoms with van der Waals surface area (Å²) in [6.45, 7) is 0.711. The Hall–Kier alpha value is -1.07. The Morgan fingerprint density at radius 3 is 3.10 bits per heavy atom. The molecule has 5 heteroatoms. The summed E-state index contributed by atoms with van der Waals surface area (Å²) in [6.07, 6.45) is 2.92. The van der Waals surface area contributed by atoms with Crippen molar-refractivity contribution in [1.82, 2.24) is 10.3 Å². The molecular weight excluding hydrogens is 288 g/mol. The number of hydrogen-bond donors (Lipinski definition) is 2. The van der Waals surface area contributed by atoms with Crippen molar-refractivity contribution >= 4 is 40.3 Å². The molecule has 0 spiro atoms. The first-order valence-corrected chi connectivity index (χ1v) is 9.07. The predicted octanol–water partition coefficient (Wildman–Crippen LogP) is 2.68. The number of H-pyrrole nitrogens is 1. The van der Waals surface area contributed by atoms with Gasteiger partial charge in [0, 0.05) is 40.9 Å². The molecule has 20 heavy (non-hydrogen) atoms. The Labute approximate surface area is 127 Å². The van der Waals surface area contributed by atoms with Crippen LogP contribution in [0.3, 0.4) is 0 Å². The third-order valence-corrected chi connectivity index (χ3v) is 6.23. The molecule has 3 nitrogen and oxygen atoms in total. The Morgan fingerprint density at radius 2 is 2.25 bits per heavy atom. The van der Waals surface area contributed by atoms with Crippen LogP contribution >= 0.6 is 23.5 Å². The average molecular weight is 306 g/mol. The lowest BCUT2D eigenvalue weighted by atomic mass is 10.1. The first-order chi connectivity index (χ1) is 9.84. The number of amides is 1. The number of para-hydroxylation sites is 1. The van der Waals surface area contributed by atoms with E-state index in [0.717, 1.165) is 23.4 Å². The van der Waals surface area contributed by atoms with Gasteiger partial charge in [0.1, 0.15) is 0 Å². The molecule has 1 amide bonds. The van der Waals surface area contributed by atoms with Crippen molar-refractivity contribution in [2.75, 3.05) is 23.8 Å². The van der Waals surface area contributed by atoms with Crippen molar-refractivity contribution in [2.24, 2.45) is 0 Å². The SMILES string of the molecule is O=C(NCCc1c[nH]c2ccccc12)C1CSCCS1. The molecule has 1 unspecified atom stereocenters. The first kappa shape index (κ1) is 13.9. The highest BCUT2D eigenvalue weighted by Crippen LogP contribution is 2.24. The highest BCUT2D eigenvalue weighted by Gasteiger charge is 2.21. The van der Waals surface area contributed by atoms with Crippen LogP contribution in [-0.4, -0.2) is 39.9 Å². The van der Waals surface area contributed by atoms with E-state index in [0.29, 0.717) is 6.54 Å².